The Morgan fingerprint density at radius 3 is 2.86 bits per heavy atom. The molecule has 0 unspecified atom stereocenters. The molecule has 0 aliphatic carbocycles. The average molecular weight is 326 g/mol. The van der Waals surface area contributed by atoms with Crippen LogP contribution in [0.1, 0.15) is 32.5 Å². The minimum atomic E-state index is 0.102. The van der Waals surface area contributed by atoms with Gasteiger partial charge in [-0.15, -0.1) is 11.8 Å². The van der Waals surface area contributed by atoms with Crippen LogP contribution < -0.4 is 5.32 Å². The van der Waals surface area contributed by atoms with E-state index in [-0.39, 0.29) is 5.54 Å². The quantitative estimate of drug-likeness (QED) is 0.815. The van der Waals surface area contributed by atoms with Gasteiger partial charge in [0.05, 0.1) is 5.75 Å². The van der Waals surface area contributed by atoms with Gasteiger partial charge in [0, 0.05) is 28.4 Å². The molecule has 1 heterocycles. The second-order valence-electron chi connectivity index (χ2n) is 5.78. The Labute approximate surface area is 134 Å². The monoisotopic (exact) mass is 325 g/mol. The highest BCUT2D eigenvalue weighted by atomic mass is 35.5. The minimum Gasteiger partial charge on any atom is -0.339 e. The van der Waals surface area contributed by atoms with Crippen LogP contribution in [-0.2, 0) is 12.2 Å². The topological polar surface area (TPSA) is 51.0 Å². The molecule has 1 aromatic heterocycles. The van der Waals surface area contributed by atoms with Gasteiger partial charge in [-0.25, -0.2) is 0 Å². The lowest BCUT2D eigenvalue weighted by Gasteiger charge is -2.19. The maximum atomic E-state index is 5.95. The molecule has 0 amide bonds. The zero-order valence-corrected chi connectivity index (χ0v) is 14.1. The van der Waals surface area contributed by atoms with Gasteiger partial charge < -0.3 is 9.84 Å². The number of aromatic nitrogens is 2. The summed E-state index contributed by atoms with van der Waals surface area (Å²) in [4.78, 5) is 5.50. The zero-order chi connectivity index (χ0) is 15.3. The lowest BCUT2D eigenvalue weighted by Crippen LogP contribution is -2.37. The summed E-state index contributed by atoms with van der Waals surface area (Å²) in [5.74, 6) is 2.07. The van der Waals surface area contributed by atoms with Crippen LogP contribution in [0.4, 0.5) is 0 Å². The largest absolute Gasteiger partial charge is 0.339 e. The predicted octanol–water partition coefficient (Wildman–Crippen LogP) is 3.95. The number of hydrogen-bond donors (Lipinski definition) is 1. The third-order valence-corrected chi connectivity index (χ3v) is 3.89. The van der Waals surface area contributed by atoms with E-state index in [0.29, 0.717) is 17.5 Å². The van der Waals surface area contributed by atoms with Crippen molar-refractivity contribution in [3.8, 4) is 0 Å². The lowest BCUT2D eigenvalue weighted by atomic mass is 10.1. The number of halogens is 1. The van der Waals surface area contributed by atoms with Gasteiger partial charge >= 0.3 is 0 Å². The summed E-state index contributed by atoms with van der Waals surface area (Å²) >= 11 is 7.60. The van der Waals surface area contributed by atoms with Crippen molar-refractivity contribution in [1.82, 2.24) is 15.5 Å². The Morgan fingerprint density at radius 1 is 1.33 bits per heavy atom. The molecule has 0 radical (unpaired) electrons. The van der Waals surface area contributed by atoms with E-state index in [9.17, 15) is 0 Å². The lowest BCUT2D eigenvalue weighted by molar-refractivity contribution is 0.359. The van der Waals surface area contributed by atoms with Crippen molar-refractivity contribution >= 4 is 23.4 Å². The average Bonchev–Trinajstić information content (AvgIpc) is 2.83. The maximum Gasteiger partial charge on any atom is 0.227 e. The van der Waals surface area contributed by atoms with E-state index >= 15 is 0 Å². The van der Waals surface area contributed by atoms with Crippen molar-refractivity contribution in [2.24, 2.45) is 0 Å². The van der Waals surface area contributed by atoms with Crippen molar-refractivity contribution in [1.29, 1.82) is 0 Å². The molecule has 0 fully saturated rings. The van der Waals surface area contributed by atoms with Crippen LogP contribution in [-0.4, -0.2) is 22.2 Å². The Balaban J connectivity index is 1.80. The summed E-state index contributed by atoms with van der Waals surface area (Å²) in [5, 5.41) is 8.14. The van der Waals surface area contributed by atoms with Crippen LogP contribution in [0.3, 0.4) is 0 Å². The third-order valence-electron chi connectivity index (χ3n) is 2.67. The molecular weight excluding hydrogens is 306 g/mol. The second-order valence-corrected chi connectivity index (χ2v) is 7.26. The van der Waals surface area contributed by atoms with Crippen LogP contribution in [0.25, 0.3) is 0 Å². The SMILES string of the molecule is CC(C)(C)NCCc1nc(CSc2cccc(Cl)c2)no1. The molecule has 1 aromatic carbocycles. The van der Waals surface area contributed by atoms with E-state index in [1.807, 2.05) is 24.3 Å². The van der Waals surface area contributed by atoms with Crippen molar-refractivity contribution in [3.63, 3.8) is 0 Å². The maximum absolute atomic E-state index is 5.95. The smallest absolute Gasteiger partial charge is 0.227 e. The Hall–Kier alpha value is -1.04. The molecular formula is C15H20ClN3OS. The number of hydrogen-bond acceptors (Lipinski definition) is 5. The highest BCUT2D eigenvalue weighted by Gasteiger charge is 2.11. The second kappa shape index (κ2) is 7.29. The molecule has 0 saturated carbocycles. The Kier molecular flexibility index (Phi) is 5.67. The van der Waals surface area contributed by atoms with Crippen LogP contribution in [0.5, 0.6) is 0 Å². The van der Waals surface area contributed by atoms with Gasteiger partial charge in [-0.3, -0.25) is 0 Å². The number of benzene rings is 1. The number of nitrogens with zero attached hydrogens (tertiary/aromatic N) is 2. The number of thioether (sulfide) groups is 1. The van der Waals surface area contributed by atoms with Gasteiger partial charge in [-0.05, 0) is 39.0 Å². The van der Waals surface area contributed by atoms with Crippen molar-refractivity contribution < 1.29 is 4.52 Å². The fraction of sp³-hybridized carbons (Fsp3) is 0.467. The van der Waals surface area contributed by atoms with Gasteiger partial charge in [0.25, 0.3) is 0 Å². The Bertz CT molecular complexity index is 580. The van der Waals surface area contributed by atoms with Crippen molar-refractivity contribution in [3.05, 3.63) is 41.0 Å². The molecule has 2 rings (SSSR count). The summed E-state index contributed by atoms with van der Waals surface area (Å²) in [6, 6.07) is 7.75. The summed E-state index contributed by atoms with van der Waals surface area (Å²) in [6.07, 6.45) is 0.742. The molecule has 0 atom stereocenters. The van der Waals surface area contributed by atoms with Gasteiger partial charge in [-0.2, -0.15) is 4.98 Å². The molecule has 1 N–H and O–H groups in total. The van der Waals surface area contributed by atoms with Crippen LogP contribution in [0, 0.1) is 0 Å². The van der Waals surface area contributed by atoms with Gasteiger partial charge in [-0.1, -0.05) is 22.8 Å². The molecule has 6 heteroatoms. The molecule has 4 nitrogen and oxygen atoms in total. The van der Waals surface area contributed by atoms with Gasteiger partial charge in [0.1, 0.15) is 0 Å². The van der Waals surface area contributed by atoms with Crippen molar-refractivity contribution in [2.75, 3.05) is 6.54 Å². The van der Waals surface area contributed by atoms with Crippen LogP contribution in [0.15, 0.2) is 33.7 Å². The van der Waals surface area contributed by atoms with E-state index in [1.165, 1.54) is 0 Å². The molecule has 0 saturated heterocycles. The third kappa shape index (κ3) is 6.08. The molecule has 0 spiro atoms. The summed E-state index contributed by atoms with van der Waals surface area (Å²) in [6.45, 7) is 7.22. The van der Waals surface area contributed by atoms with E-state index in [1.54, 1.807) is 11.8 Å². The first-order valence-corrected chi connectivity index (χ1v) is 8.23. The summed E-state index contributed by atoms with van der Waals surface area (Å²) in [5.41, 5.74) is 0.102. The normalized spacial score (nSPS) is 11.8. The molecule has 0 aliphatic heterocycles. The number of nitrogens with one attached hydrogen (secondary N) is 1. The fourth-order valence-electron chi connectivity index (χ4n) is 1.70. The van der Waals surface area contributed by atoms with Crippen molar-refractivity contribution in [2.45, 2.75) is 43.4 Å². The highest BCUT2D eigenvalue weighted by Crippen LogP contribution is 2.24. The van der Waals surface area contributed by atoms with Gasteiger partial charge in [0.2, 0.25) is 5.89 Å². The fourth-order valence-corrected chi connectivity index (χ4v) is 2.75. The van der Waals surface area contributed by atoms with E-state index < -0.39 is 0 Å². The van der Waals surface area contributed by atoms with Crippen LogP contribution in [0.2, 0.25) is 5.02 Å². The minimum absolute atomic E-state index is 0.102. The zero-order valence-electron chi connectivity index (χ0n) is 12.5. The first-order chi connectivity index (χ1) is 9.92. The molecule has 0 aliphatic rings. The van der Waals surface area contributed by atoms with E-state index in [4.69, 9.17) is 16.1 Å². The Morgan fingerprint density at radius 2 is 2.14 bits per heavy atom. The van der Waals surface area contributed by atoms with Crippen LogP contribution >= 0.6 is 23.4 Å². The van der Waals surface area contributed by atoms with Gasteiger partial charge in [0.15, 0.2) is 5.82 Å². The predicted molar refractivity (Wildman–Crippen MR) is 86.8 cm³/mol. The first kappa shape index (κ1) is 16.3. The molecule has 114 valence electrons. The molecule has 0 bridgehead atoms. The number of rotatable bonds is 6. The standard InChI is InChI=1S/C15H20ClN3OS/c1-15(2,3)17-8-7-14-18-13(19-20-14)10-21-12-6-4-5-11(16)9-12/h4-6,9,17H,7-8,10H2,1-3H3. The summed E-state index contributed by atoms with van der Waals surface area (Å²) < 4.78 is 5.25. The molecule has 21 heavy (non-hydrogen) atoms. The highest BCUT2D eigenvalue weighted by molar-refractivity contribution is 7.98. The molecule has 2 aromatic rings. The summed E-state index contributed by atoms with van der Waals surface area (Å²) in [7, 11) is 0. The van der Waals surface area contributed by atoms with E-state index in [0.717, 1.165) is 22.9 Å². The van der Waals surface area contributed by atoms with E-state index in [2.05, 4.69) is 36.2 Å². The first-order valence-electron chi connectivity index (χ1n) is 6.87.